The van der Waals surface area contributed by atoms with Crippen LogP contribution in [0.4, 0.5) is 0 Å². The van der Waals surface area contributed by atoms with E-state index in [9.17, 15) is 0 Å². The van der Waals surface area contributed by atoms with E-state index in [1.165, 1.54) is 27.8 Å². The molecule has 0 aromatic heterocycles. The van der Waals surface area contributed by atoms with Crippen molar-refractivity contribution in [3.8, 4) is 5.75 Å². The van der Waals surface area contributed by atoms with Gasteiger partial charge in [-0.25, -0.2) is 0 Å². The quantitative estimate of drug-likeness (QED) is 0.634. The molecule has 0 N–H and O–H groups in total. The first kappa shape index (κ1) is 11.3. The van der Waals surface area contributed by atoms with Crippen LogP contribution in [-0.2, 0) is 0 Å². The molecule has 0 fully saturated rings. The van der Waals surface area contributed by atoms with Gasteiger partial charge in [0, 0.05) is 5.56 Å². The first-order valence-corrected chi connectivity index (χ1v) is 5.82. The number of benzene rings is 1. The van der Waals surface area contributed by atoms with Crippen molar-refractivity contribution in [2.45, 2.75) is 47.1 Å². The average molecular weight is 216 g/mol. The molecule has 1 aromatic carbocycles. The van der Waals surface area contributed by atoms with Gasteiger partial charge in [-0.2, -0.15) is 0 Å². The van der Waals surface area contributed by atoms with Crippen LogP contribution in [0.1, 0.15) is 41.7 Å². The molecule has 0 atom stereocenters. The maximum absolute atomic E-state index is 6.08. The van der Waals surface area contributed by atoms with Crippen molar-refractivity contribution in [2.75, 3.05) is 0 Å². The fourth-order valence-corrected chi connectivity index (χ4v) is 2.22. The minimum absolute atomic E-state index is 0.189. The third-order valence-electron chi connectivity index (χ3n) is 3.69. The smallest absolute Gasteiger partial charge is 0.131 e. The molecule has 0 aliphatic carbocycles. The Labute approximate surface area is 98.1 Å². The van der Waals surface area contributed by atoms with E-state index in [1.807, 2.05) is 0 Å². The Hall–Kier alpha value is -1.24. The van der Waals surface area contributed by atoms with Crippen LogP contribution in [0.5, 0.6) is 5.75 Å². The zero-order valence-electron chi connectivity index (χ0n) is 11.1. The van der Waals surface area contributed by atoms with Crippen molar-refractivity contribution < 1.29 is 4.74 Å². The van der Waals surface area contributed by atoms with Gasteiger partial charge < -0.3 is 4.74 Å². The fourth-order valence-electron chi connectivity index (χ4n) is 2.22. The summed E-state index contributed by atoms with van der Waals surface area (Å²) >= 11 is 0. The van der Waals surface area contributed by atoms with E-state index >= 15 is 0 Å². The van der Waals surface area contributed by atoms with Crippen molar-refractivity contribution in [2.24, 2.45) is 0 Å². The van der Waals surface area contributed by atoms with Crippen LogP contribution in [0, 0.1) is 27.7 Å². The number of ether oxygens (including phenoxy) is 1. The molecular weight excluding hydrogens is 196 g/mol. The van der Waals surface area contributed by atoms with Crippen molar-refractivity contribution in [3.05, 3.63) is 33.9 Å². The topological polar surface area (TPSA) is 9.23 Å². The van der Waals surface area contributed by atoms with Gasteiger partial charge in [0.05, 0.1) is 0 Å². The first-order valence-electron chi connectivity index (χ1n) is 5.82. The van der Waals surface area contributed by atoms with Gasteiger partial charge in [-0.15, -0.1) is 0 Å². The van der Waals surface area contributed by atoms with E-state index in [1.54, 1.807) is 0 Å². The molecule has 0 saturated carbocycles. The lowest BCUT2D eigenvalue weighted by Gasteiger charge is -2.31. The highest BCUT2D eigenvalue weighted by molar-refractivity contribution is 5.69. The van der Waals surface area contributed by atoms with Gasteiger partial charge in [-0.3, -0.25) is 0 Å². The monoisotopic (exact) mass is 216 g/mol. The zero-order chi connectivity index (χ0) is 12.1. The van der Waals surface area contributed by atoms with Gasteiger partial charge in [0.15, 0.2) is 0 Å². The summed E-state index contributed by atoms with van der Waals surface area (Å²) in [5.41, 5.74) is 6.40. The maximum Gasteiger partial charge on any atom is 0.131 e. The molecule has 1 heterocycles. The summed E-state index contributed by atoms with van der Waals surface area (Å²) in [6, 6.07) is 0. The van der Waals surface area contributed by atoms with E-state index in [0.29, 0.717) is 0 Å². The van der Waals surface area contributed by atoms with Crippen LogP contribution in [-0.4, -0.2) is 5.60 Å². The predicted molar refractivity (Wildman–Crippen MR) is 69.1 cm³/mol. The van der Waals surface area contributed by atoms with Gasteiger partial charge in [0.2, 0.25) is 0 Å². The first-order chi connectivity index (χ1) is 7.33. The Bertz CT molecular complexity index is 479. The molecule has 0 spiro atoms. The van der Waals surface area contributed by atoms with Crippen molar-refractivity contribution >= 4 is 6.08 Å². The summed E-state index contributed by atoms with van der Waals surface area (Å²) < 4.78 is 6.08. The summed E-state index contributed by atoms with van der Waals surface area (Å²) in [5, 5.41) is 0. The van der Waals surface area contributed by atoms with Crippen LogP contribution in [0.25, 0.3) is 6.08 Å². The molecule has 0 bridgehead atoms. The molecule has 0 unspecified atom stereocenters. The van der Waals surface area contributed by atoms with Gasteiger partial charge in [0.1, 0.15) is 11.4 Å². The second-order valence-electron chi connectivity index (χ2n) is 5.28. The number of hydrogen-bond donors (Lipinski definition) is 0. The lowest BCUT2D eigenvalue weighted by molar-refractivity contribution is 0.157. The van der Waals surface area contributed by atoms with E-state index in [2.05, 4.69) is 53.7 Å². The summed E-state index contributed by atoms with van der Waals surface area (Å²) in [7, 11) is 0. The standard InChI is InChI=1S/C15H20O/c1-9-10(2)12(4)14-13(11(9)3)7-8-15(5,6)16-14/h7-8H,1-6H3. The molecule has 1 aromatic rings. The van der Waals surface area contributed by atoms with Gasteiger partial charge in [0.25, 0.3) is 0 Å². The third kappa shape index (κ3) is 1.55. The summed E-state index contributed by atoms with van der Waals surface area (Å²) in [6.45, 7) is 12.9. The third-order valence-corrected chi connectivity index (χ3v) is 3.69. The van der Waals surface area contributed by atoms with Crippen LogP contribution < -0.4 is 4.74 Å². The largest absolute Gasteiger partial charge is 0.483 e. The lowest BCUT2D eigenvalue weighted by Crippen LogP contribution is -2.28. The van der Waals surface area contributed by atoms with Crippen LogP contribution in [0.3, 0.4) is 0 Å². The van der Waals surface area contributed by atoms with Crippen molar-refractivity contribution in [1.29, 1.82) is 0 Å². The van der Waals surface area contributed by atoms with E-state index in [0.717, 1.165) is 5.75 Å². The second-order valence-corrected chi connectivity index (χ2v) is 5.28. The molecule has 16 heavy (non-hydrogen) atoms. The molecule has 1 aliphatic rings. The minimum Gasteiger partial charge on any atom is -0.483 e. The van der Waals surface area contributed by atoms with E-state index in [4.69, 9.17) is 4.74 Å². The number of rotatable bonds is 0. The Morgan fingerprint density at radius 3 is 2.06 bits per heavy atom. The second kappa shape index (κ2) is 3.38. The molecule has 0 saturated heterocycles. The molecule has 1 heteroatoms. The molecule has 1 nitrogen and oxygen atoms in total. The van der Waals surface area contributed by atoms with Gasteiger partial charge in [-0.05, 0) is 69.9 Å². The molecular formula is C15H20O. The SMILES string of the molecule is Cc1c(C)c(C)c2c(c1C)C=CC(C)(C)O2. The van der Waals surface area contributed by atoms with E-state index < -0.39 is 0 Å². The highest BCUT2D eigenvalue weighted by atomic mass is 16.5. The Kier molecular flexibility index (Phi) is 2.37. The summed E-state index contributed by atoms with van der Waals surface area (Å²) in [5.74, 6) is 1.06. The normalized spacial score (nSPS) is 16.9. The number of hydrogen-bond acceptors (Lipinski definition) is 1. The predicted octanol–water partition coefficient (Wildman–Crippen LogP) is 4.10. The fraction of sp³-hybridized carbons (Fsp3) is 0.467. The lowest BCUT2D eigenvalue weighted by atomic mass is 9.90. The molecule has 0 amide bonds. The average Bonchev–Trinajstić information content (AvgIpc) is 2.22. The van der Waals surface area contributed by atoms with Gasteiger partial charge >= 0.3 is 0 Å². The number of fused-ring (bicyclic) bond motifs is 1. The van der Waals surface area contributed by atoms with Crippen LogP contribution in [0.2, 0.25) is 0 Å². The Balaban J connectivity index is 2.73. The summed E-state index contributed by atoms with van der Waals surface area (Å²) in [4.78, 5) is 0. The minimum atomic E-state index is -0.189. The Morgan fingerprint density at radius 2 is 1.44 bits per heavy atom. The molecule has 0 radical (unpaired) electrons. The molecule has 86 valence electrons. The highest BCUT2D eigenvalue weighted by Gasteiger charge is 2.25. The highest BCUT2D eigenvalue weighted by Crippen LogP contribution is 2.39. The van der Waals surface area contributed by atoms with Crippen LogP contribution in [0.15, 0.2) is 6.08 Å². The van der Waals surface area contributed by atoms with Crippen molar-refractivity contribution in [3.63, 3.8) is 0 Å². The molecule has 1 aliphatic heterocycles. The zero-order valence-corrected chi connectivity index (χ0v) is 11.1. The van der Waals surface area contributed by atoms with Crippen LogP contribution >= 0.6 is 0 Å². The Morgan fingerprint density at radius 1 is 0.875 bits per heavy atom. The maximum atomic E-state index is 6.08. The molecule has 2 rings (SSSR count). The van der Waals surface area contributed by atoms with E-state index in [-0.39, 0.29) is 5.60 Å². The van der Waals surface area contributed by atoms with Crippen molar-refractivity contribution in [1.82, 2.24) is 0 Å². The van der Waals surface area contributed by atoms with Gasteiger partial charge in [-0.1, -0.05) is 6.08 Å². The summed E-state index contributed by atoms with van der Waals surface area (Å²) in [6.07, 6.45) is 4.34.